The summed E-state index contributed by atoms with van der Waals surface area (Å²) in [6.45, 7) is 1.77. The number of amides is 2. The predicted molar refractivity (Wildman–Crippen MR) is 148 cm³/mol. The highest BCUT2D eigenvalue weighted by Crippen LogP contribution is 2.28. The van der Waals surface area contributed by atoms with E-state index >= 15 is 0 Å². The lowest BCUT2D eigenvalue weighted by Gasteiger charge is -2.33. The van der Waals surface area contributed by atoms with Crippen molar-refractivity contribution in [2.45, 2.75) is 0 Å². The van der Waals surface area contributed by atoms with E-state index in [0.29, 0.717) is 55.0 Å². The van der Waals surface area contributed by atoms with Crippen LogP contribution in [0.2, 0.25) is 0 Å². The Labute approximate surface area is 234 Å². The first-order valence-corrected chi connectivity index (χ1v) is 12.5. The molecule has 4 aromatic rings. The zero-order chi connectivity index (χ0) is 28.8. The number of hydrogen-bond acceptors (Lipinski definition) is 11. The minimum Gasteiger partial charge on any atom is -0.465 e. The van der Waals surface area contributed by atoms with Gasteiger partial charge in [-0.15, -0.1) is 0 Å². The van der Waals surface area contributed by atoms with Crippen LogP contribution in [0.4, 0.5) is 27.9 Å². The number of hydrogen-bond donors (Lipinski definition) is 3. The van der Waals surface area contributed by atoms with Gasteiger partial charge >= 0.3 is 12.1 Å². The molecule has 0 atom stereocenters. The standard InChI is InChI=1S/C27H25N9O5/c1-41-26(38)20-3-2-18(15-31-20)25(37)32-19-13-21(33-22(14-19)34-23-16-28-6-7-29-23)17-4-5-30-24(12-17)35-8-10-36(11-9-35)27(39)40/h2-7,12-16H,8-11H2,1H3,(H,39,40)(H2,29,32,33,34,37). The highest BCUT2D eigenvalue weighted by molar-refractivity contribution is 6.04. The quantitative estimate of drug-likeness (QED) is 0.285. The molecular weight excluding hydrogens is 530 g/mol. The van der Waals surface area contributed by atoms with Crippen LogP contribution in [0.1, 0.15) is 20.8 Å². The van der Waals surface area contributed by atoms with E-state index in [-0.39, 0.29) is 11.3 Å². The molecule has 0 bridgehead atoms. The average molecular weight is 556 g/mol. The Balaban J connectivity index is 1.42. The molecule has 1 saturated heterocycles. The van der Waals surface area contributed by atoms with Gasteiger partial charge in [-0.1, -0.05) is 0 Å². The molecule has 0 aliphatic carbocycles. The Morgan fingerprint density at radius 3 is 2.41 bits per heavy atom. The summed E-state index contributed by atoms with van der Waals surface area (Å²) in [5.74, 6) is 0.512. The van der Waals surface area contributed by atoms with Crippen molar-refractivity contribution >= 4 is 41.1 Å². The summed E-state index contributed by atoms with van der Waals surface area (Å²) in [7, 11) is 1.25. The normalized spacial score (nSPS) is 12.9. The molecule has 0 unspecified atom stereocenters. The predicted octanol–water partition coefficient (Wildman–Crippen LogP) is 2.91. The molecule has 1 aliphatic rings. The maximum Gasteiger partial charge on any atom is 0.407 e. The van der Waals surface area contributed by atoms with Crippen LogP contribution in [0.5, 0.6) is 0 Å². The topological polar surface area (TPSA) is 176 Å². The van der Waals surface area contributed by atoms with E-state index in [0.717, 1.165) is 5.56 Å². The van der Waals surface area contributed by atoms with Crippen molar-refractivity contribution in [3.8, 4) is 11.3 Å². The van der Waals surface area contributed by atoms with Gasteiger partial charge in [-0.2, -0.15) is 0 Å². The fraction of sp³-hybridized carbons (Fsp3) is 0.185. The van der Waals surface area contributed by atoms with E-state index in [4.69, 9.17) is 4.98 Å². The first-order valence-electron chi connectivity index (χ1n) is 12.5. The monoisotopic (exact) mass is 555 g/mol. The third-order valence-corrected chi connectivity index (χ3v) is 6.24. The van der Waals surface area contributed by atoms with Crippen LogP contribution in [0.25, 0.3) is 11.3 Å². The number of nitrogens with zero attached hydrogens (tertiary/aromatic N) is 7. The molecule has 5 heterocycles. The molecule has 0 aromatic carbocycles. The van der Waals surface area contributed by atoms with Crippen molar-refractivity contribution in [1.82, 2.24) is 29.8 Å². The van der Waals surface area contributed by atoms with Gasteiger partial charge in [0.25, 0.3) is 5.91 Å². The lowest BCUT2D eigenvalue weighted by atomic mass is 10.1. The van der Waals surface area contributed by atoms with E-state index in [1.807, 2.05) is 11.0 Å². The van der Waals surface area contributed by atoms with Gasteiger partial charge in [0, 0.05) is 68.3 Å². The Bertz CT molecular complexity index is 1560. The lowest BCUT2D eigenvalue weighted by Crippen LogP contribution is -2.48. The zero-order valence-corrected chi connectivity index (χ0v) is 21.9. The number of rotatable bonds is 7. The molecule has 4 aromatic heterocycles. The highest BCUT2D eigenvalue weighted by Gasteiger charge is 2.22. The number of piperazine rings is 1. The largest absolute Gasteiger partial charge is 0.465 e. The summed E-state index contributed by atoms with van der Waals surface area (Å²) in [5, 5.41) is 15.2. The van der Waals surface area contributed by atoms with Gasteiger partial charge < -0.3 is 30.3 Å². The fourth-order valence-corrected chi connectivity index (χ4v) is 4.14. The molecule has 14 heteroatoms. The number of carboxylic acid groups (broad SMARTS) is 1. The number of esters is 1. The van der Waals surface area contributed by atoms with Crippen LogP contribution in [0.15, 0.2) is 67.4 Å². The Hall–Kier alpha value is -5.66. The highest BCUT2D eigenvalue weighted by atomic mass is 16.5. The summed E-state index contributed by atoms with van der Waals surface area (Å²) >= 11 is 0. The molecule has 0 radical (unpaired) electrons. The van der Waals surface area contributed by atoms with Crippen LogP contribution in [-0.4, -0.2) is 86.2 Å². The van der Waals surface area contributed by atoms with Crippen molar-refractivity contribution in [2.75, 3.05) is 48.8 Å². The van der Waals surface area contributed by atoms with Crippen LogP contribution in [0.3, 0.4) is 0 Å². The van der Waals surface area contributed by atoms with Crippen molar-refractivity contribution in [3.05, 3.63) is 78.6 Å². The Morgan fingerprint density at radius 1 is 0.902 bits per heavy atom. The number of aromatic nitrogens is 5. The molecule has 41 heavy (non-hydrogen) atoms. The molecule has 3 N–H and O–H groups in total. The minimum atomic E-state index is -0.937. The molecule has 14 nitrogen and oxygen atoms in total. The van der Waals surface area contributed by atoms with E-state index in [1.54, 1.807) is 43.0 Å². The van der Waals surface area contributed by atoms with Gasteiger partial charge in [0.15, 0.2) is 0 Å². The SMILES string of the molecule is COC(=O)c1ccc(C(=O)Nc2cc(Nc3cnccn3)nc(-c3ccnc(N4CCN(C(=O)O)CC4)c3)c2)cn1. The van der Waals surface area contributed by atoms with E-state index in [9.17, 15) is 19.5 Å². The summed E-state index contributed by atoms with van der Waals surface area (Å²) in [6, 6.07) is 9.93. The number of carbonyl (C=O) groups is 3. The third kappa shape index (κ3) is 6.50. The van der Waals surface area contributed by atoms with E-state index < -0.39 is 18.0 Å². The van der Waals surface area contributed by atoms with Crippen molar-refractivity contribution in [2.24, 2.45) is 0 Å². The Kier molecular flexibility index (Phi) is 7.90. The van der Waals surface area contributed by atoms with Crippen LogP contribution in [-0.2, 0) is 4.74 Å². The number of ether oxygens (including phenoxy) is 1. The number of pyridine rings is 3. The van der Waals surface area contributed by atoms with Gasteiger partial charge in [0.05, 0.1) is 24.6 Å². The van der Waals surface area contributed by atoms with Crippen molar-refractivity contribution in [3.63, 3.8) is 0 Å². The summed E-state index contributed by atoms with van der Waals surface area (Å²) in [5.41, 5.74) is 2.05. The van der Waals surface area contributed by atoms with E-state index in [2.05, 4.69) is 35.3 Å². The number of nitrogens with one attached hydrogen (secondary N) is 2. The average Bonchev–Trinajstić information content (AvgIpc) is 3.01. The Morgan fingerprint density at radius 2 is 1.73 bits per heavy atom. The lowest BCUT2D eigenvalue weighted by molar-refractivity contribution is 0.0593. The smallest absolute Gasteiger partial charge is 0.407 e. The van der Waals surface area contributed by atoms with Gasteiger partial charge in [-0.3, -0.25) is 9.78 Å². The second-order valence-electron chi connectivity index (χ2n) is 8.88. The summed E-state index contributed by atoms with van der Waals surface area (Å²) in [6.07, 6.45) is 6.65. The molecular formula is C27H25N9O5. The van der Waals surface area contributed by atoms with Crippen molar-refractivity contribution in [1.29, 1.82) is 0 Å². The first kappa shape index (κ1) is 26.9. The molecule has 208 valence electrons. The maximum atomic E-state index is 13.0. The van der Waals surface area contributed by atoms with Gasteiger partial charge in [0.2, 0.25) is 0 Å². The minimum absolute atomic E-state index is 0.0866. The third-order valence-electron chi connectivity index (χ3n) is 6.24. The van der Waals surface area contributed by atoms with E-state index in [1.165, 1.54) is 30.3 Å². The first-order chi connectivity index (χ1) is 19.9. The van der Waals surface area contributed by atoms with Gasteiger partial charge in [0.1, 0.15) is 23.1 Å². The van der Waals surface area contributed by atoms with Crippen LogP contribution < -0.4 is 15.5 Å². The van der Waals surface area contributed by atoms with Gasteiger partial charge in [-0.25, -0.2) is 29.5 Å². The molecule has 1 fully saturated rings. The summed E-state index contributed by atoms with van der Waals surface area (Å²) in [4.78, 5) is 60.8. The van der Waals surface area contributed by atoms with Gasteiger partial charge in [-0.05, 0) is 30.3 Å². The number of carbonyl (C=O) groups excluding carboxylic acids is 2. The fourth-order valence-electron chi connectivity index (χ4n) is 4.14. The molecule has 0 saturated carbocycles. The van der Waals surface area contributed by atoms with Crippen molar-refractivity contribution < 1.29 is 24.2 Å². The summed E-state index contributed by atoms with van der Waals surface area (Å²) < 4.78 is 4.65. The second kappa shape index (κ2) is 12.0. The molecule has 1 aliphatic heterocycles. The molecule has 0 spiro atoms. The zero-order valence-electron chi connectivity index (χ0n) is 21.9. The number of methoxy groups -OCH3 is 1. The maximum absolute atomic E-state index is 13.0. The molecule has 2 amide bonds. The number of anilines is 4. The van der Waals surface area contributed by atoms with Crippen LogP contribution >= 0.6 is 0 Å². The van der Waals surface area contributed by atoms with Crippen LogP contribution in [0, 0.1) is 0 Å². The second-order valence-corrected chi connectivity index (χ2v) is 8.88. The molecule has 5 rings (SSSR count).